The predicted molar refractivity (Wildman–Crippen MR) is 48.9 cm³/mol. The molecule has 1 heterocycles. The minimum atomic E-state index is 0.235. The molecule has 0 spiro atoms. The van der Waals surface area contributed by atoms with Gasteiger partial charge in [0.1, 0.15) is 5.69 Å². The molecule has 0 aliphatic carbocycles. The van der Waals surface area contributed by atoms with E-state index < -0.39 is 0 Å². The number of aryl methyl sites for hydroxylation is 1. The first kappa shape index (κ1) is 8.64. The Kier molecular flexibility index (Phi) is 2.08. The van der Waals surface area contributed by atoms with Crippen LogP contribution >= 0.6 is 0 Å². The van der Waals surface area contributed by atoms with Crippen LogP contribution in [-0.2, 0) is 0 Å². The molecule has 1 aromatic heterocycles. The third-order valence-corrected chi connectivity index (χ3v) is 1.72. The van der Waals surface area contributed by atoms with Crippen LogP contribution in [0.15, 0.2) is 12.1 Å². The third-order valence-electron chi connectivity index (χ3n) is 1.72. The van der Waals surface area contributed by atoms with Gasteiger partial charge < -0.3 is 10.1 Å². The van der Waals surface area contributed by atoms with Crippen LogP contribution in [0.4, 0.5) is 11.5 Å². The summed E-state index contributed by atoms with van der Waals surface area (Å²) < 4.78 is 0.715. The van der Waals surface area contributed by atoms with Gasteiger partial charge in [0.25, 0.3) is 5.82 Å². The van der Waals surface area contributed by atoms with Crippen molar-refractivity contribution >= 4 is 11.5 Å². The van der Waals surface area contributed by atoms with E-state index in [2.05, 4.69) is 0 Å². The molecular weight excluding hydrogens is 154 g/mol. The van der Waals surface area contributed by atoms with E-state index in [1.165, 1.54) is 0 Å². The molecule has 4 heteroatoms. The minimum Gasteiger partial charge on any atom is -0.710 e. The van der Waals surface area contributed by atoms with Crippen molar-refractivity contribution in [1.82, 2.24) is 0 Å². The van der Waals surface area contributed by atoms with Gasteiger partial charge in [0.2, 0.25) is 0 Å². The molecule has 0 saturated carbocycles. The number of rotatable bonds is 1. The van der Waals surface area contributed by atoms with Gasteiger partial charge in [-0.1, -0.05) is 0 Å². The van der Waals surface area contributed by atoms with E-state index in [-0.39, 0.29) is 5.82 Å². The van der Waals surface area contributed by atoms with Gasteiger partial charge in [-0.3, -0.25) is 5.73 Å². The highest BCUT2D eigenvalue weighted by Gasteiger charge is 2.04. The molecule has 1 aromatic rings. The van der Waals surface area contributed by atoms with Gasteiger partial charge in [0.15, 0.2) is 0 Å². The molecule has 0 unspecified atom stereocenters. The first-order chi connectivity index (χ1) is 5.52. The second kappa shape index (κ2) is 2.89. The molecule has 2 N–H and O–H groups in total. The van der Waals surface area contributed by atoms with Crippen molar-refractivity contribution in [3.8, 4) is 0 Å². The van der Waals surface area contributed by atoms with Gasteiger partial charge in [0.05, 0.1) is 6.07 Å². The molecule has 4 nitrogen and oxygen atoms in total. The Morgan fingerprint density at radius 2 is 2.00 bits per heavy atom. The zero-order chi connectivity index (χ0) is 9.30. The topological polar surface area (TPSA) is 56.2 Å². The highest BCUT2D eigenvalue weighted by atomic mass is 16.5. The smallest absolute Gasteiger partial charge is 0.277 e. The molecule has 0 aliphatic rings. The molecule has 0 fully saturated rings. The highest BCUT2D eigenvalue weighted by Crippen LogP contribution is 2.13. The van der Waals surface area contributed by atoms with Gasteiger partial charge in [-0.15, -0.1) is 0 Å². The number of pyridine rings is 1. The van der Waals surface area contributed by atoms with Gasteiger partial charge in [-0.05, 0) is 6.92 Å². The molecule has 0 radical (unpaired) electrons. The van der Waals surface area contributed by atoms with Crippen molar-refractivity contribution in [2.75, 3.05) is 24.7 Å². The summed E-state index contributed by atoms with van der Waals surface area (Å²) in [7, 11) is 3.81. The van der Waals surface area contributed by atoms with Crippen molar-refractivity contribution in [1.29, 1.82) is 0 Å². The average molecular weight is 167 g/mol. The fraction of sp³-hybridized carbons (Fsp3) is 0.375. The summed E-state index contributed by atoms with van der Waals surface area (Å²) >= 11 is 0. The number of nitrogen functional groups attached to an aromatic ring is 1. The lowest BCUT2D eigenvalue weighted by Crippen LogP contribution is -2.34. The van der Waals surface area contributed by atoms with E-state index in [0.717, 1.165) is 5.69 Å². The van der Waals surface area contributed by atoms with E-state index in [1.807, 2.05) is 19.0 Å². The number of hydrogen-bond donors (Lipinski definition) is 1. The summed E-state index contributed by atoms with van der Waals surface area (Å²) in [6.07, 6.45) is 0. The van der Waals surface area contributed by atoms with Crippen LogP contribution in [0.5, 0.6) is 0 Å². The van der Waals surface area contributed by atoms with E-state index in [4.69, 9.17) is 5.73 Å². The maximum atomic E-state index is 11.1. The molecule has 0 atom stereocenters. The third kappa shape index (κ3) is 1.42. The fourth-order valence-electron chi connectivity index (χ4n) is 0.986. The number of anilines is 2. The van der Waals surface area contributed by atoms with Crippen molar-refractivity contribution in [3.63, 3.8) is 0 Å². The van der Waals surface area contributed by atoms with Crippen molar-refractivity contribution < 1.29 is 4.73 Å². The first-order valence-corrected chi connectivity index (χ1v) is 3.69. The number of aromatic nitrogens is 1. The zero-order valence-corrected chi connectivity index (χ0v) is 7.53. The van der Waals surface area contributed by atoms with Gasteiger partial charge >= 0.3 is 0 Å². The highest BCUT2D eigenvalue weighted by molar-refractivity contribution is 5.49. The van der Waals surface area contributed by atoms with Crippen LogP contribution in [0.2, 0.25) is 0 Å². The van der Waals surface area contributed by atoms with Crippen molar-refractivity contribution in [3.05, 3.63) is 23.0 Å². The van der Waals surface area contributed by atoms with E-state index in [9.17, 15) is 5.21 Å². The molecule has 0 aliphatic heterocycles. The van der Waals surface area contributed by atoms with Crippen LogP contribution in [-0.4, -0.2) is 14.1 Å². The summed E-state index contributed by atoms with van der Waals surface area (Å²) in [5, 5.41) is 11.1. The first-order valence-electron chi connectivity index (χ1n) is 3.69. The molecule has 0 amide bonds. The molecule has 0 saturated heterocycles. The molecule has 0 aromatic carbocycles. The Hall–Kier alpha value is -1.45. The predicted octanol–water partition coefficient (Wildman–Crippen LogP) is 0.277. The summed E-state index contributed by atoms with van der Waals surface area (Å²) in [6, 6.07) is 3.45. The van der Waals surface area contributed by atoms with Crippen LogP contribution < -0.4 is 15.4 Å². The standard InChI is InChI=1S/C8H13N3O/c1-6-4-7(10(2)3)5-8(9)11(6)12/h4-5H,9H2,1-3H3. The quantitative estimate of drug-likeness (QED) is 0.482. The normalized spacial score (nSPS) is 9.92. The van der Waals surface area contributed by atoms with Gasteiger partial charge in [-0.2, -0.15) is 0 Å². The monoisotopic (exact) mass is 167 g/mol. The lowest BCUT2D eigenvalue weighted by atomic mass is 10.3. The molecule has 66 valence electrons. The van der Waals surface area contributed by atoms with Crippen molar-refractivity contribution in [2.24, 2.45) is 0 Å². The van der Waals surface area contributed by atoms with Crippen LogP contribution in [0.1, 0.15) is 5.69 Å². The number of nitrogens with two attached hydrogens (primary N) is 1. The number of nitrogens with zero attached hydrogens (tertiary/aromatic N) is 2. The zero-order valence-electron chi connectivity index (χ0n) is 7.53. The summed E-state index contributed by atoms with van der Waals surface area (Å²) in [5.74, 6) is 0.235. The van der Waals surface area contributed by atoms with Gasteiger partial charge in [-0.25, -0.2) is 4.73 Å². The maximum Gasteiger partial charge on any atom is 0.277 e. The fourth-order valence-corrected chi connectivity index (χ4v) is 0.986. The summed E-state index contributed by atoms with van der Waals surface area (Å²) in [4.78, 5) is 1.91. The Morgan fingerprint density at radius 3 is 2.42 bits per heavy atom. The van der Waals surface area contributed by atoms with Crippen LogP contribution in [0.25, 0.3) is 0 Å². The second-order valence-electron chi connectivity index (χ2n) is 2.97. The molecule has 12 heavy (non-hydrogen) atoms. The minimum absolute atomic E-state index is 0.235. The van der Waals surface area contributed by atoms with Gasteiger partial charge in [0, 0.05) is 25.8 Å². The van der Waals surface area contributed by atoms with E-state index in [0.29, 0.717) is 10.4 Å². The maximum absolute atomic E-state index is 11.1. The molecule has 0 bridgehead atoms. The molecular formula is C8H13N3O. The van der Waals surface area contributed by atoms with E-state index >= 15 is 0 Å². The Bertz CT molecular complexity index is 273. The Balaban J connectivity index is 3.21. The number of hydrogen-bond acceptors (Lipinski definition) is 3. The van der Waals surface area contributed by atoms with Crippen molar-refractivity contribution in [2.45, 2.75) is 6.92 Å². The molecule has 1 rings (SSSR count). The summed E-state index contributed by atoms with van der Waals surface area (Å²) in [6.45, 7) is 1.73. The SMILES string of the molecule is Cc1cc(N(C)C)cc(N)[n+]1[O-]. The lowest BCUT2D eigenvalue weighted by Gasteiger charge is -2.15. The Labute approximate surface area is 71.8 Å². The van der Waals surface area contributed by atoms with E-state index in [1.54, 1.807) is 19.1 Å². The average Bonchev–Trinajstić information content (AvgIpc) is 1.99. The van der Waals surface area contributed by atoms with Crippen LogP contribution in [0.3, 0.4) is 0 Å². The Morgan fingerprint density at radius 1 is 1.42 bits per heavy atom. The second-order valence-corrected chi connectivity index (χ2v) is 2.97. The van der Waals surface area contributed by atoms with Crippen LogP contribution in [0, 0.1) is 12.1 Å². The largest absolute Gasteiger partial charge is 0.710 e. The lowest BCUT2D eigenvalue weighted by molar-refractivity contribution is -0.596. The summed E-state index contributed by atoms with van der Waals surface area (Å²) in [5.41, 5.74) is 7.03.